The number of benzene rings is 1. The molecule has 2 fully saturated rings. The Morgan fingerprint density at radius 1 is 1.00 bits per heavy atom. The predicted molar refractivity (Wildman–Crippen MR) is 109 cm³/mol. The molecule has 26 heavy (non-hydrogen) atoms. The molecule has 144 valence electrons. The van der Waals surface area contributed by atoms with Gasteiger partial charge in [0.05, 0.1) is 11.2 Å². The highest BCUT2D eigenvalue weighted by Gasteiger charge is 2.51. The van der Waals surface area contributed by atoms with Gasteiger partial charge in [0.25, 0.3) is 0 Å². The van der Waals surface area contributed by atoms with Crippen molar-refractivity contribution in [3.8, 4) is 0 Å². The lowest BCUT2D eigenvalue weighted by Gasteiger charge is -2.32. The minimum atomic E-state index is -0.300. The van der Waals surface area contributed by atoms with E-state index in [-0.39, 0.29) is 18.3 Å². The van der Waals surface area contributed by atoms with Gasteiger partial charge in [-0.3, -0.25) is 0 Å². The fourth-order valence-electron chi connectivity index (χ4n) is 3.95. The van der Waals surface area contributed by atoms with Crippen molar-refractivity contribution in [1.82, 2.24) is 10.6 Å². The molecule has 1 saturated heterocycles. The first-order valence-electron chi connectivity index (χ1n) is 10.1. The van der Waals surface area contributed by atoms with E-state index >= 15 is 0 Å². The highest BCUT2D eigenvalue weighted by Crippen LogP contribution is 2.36. The zero-order valence-electron chi connectivity index (χ0n) is 17.4. The van der Waals surface area contributed by atoms with Crippen LogP contribution in [0.5, 0.6) is 0 Å². The summed E-state index contributed by atoms with van der Waals surface area (Å²) in [5, 5.41) is 7.17. The van der Waals surface area contributed by atoms with Crippen LogP contribution in [0.2, 0.25) is 0 Å². The van der Waals surface area contributed by atoms with Gasteiger partial charge in [0.2, 0.25) is 0 Å². The van der Waals surface area contributed by atoms with Crippen molar-refractivity contribution in [3.05, 3.63) is 28.8 Å². The summed E-state index contributed by atoms with van der Waals surface area (Å²) in [6.07, 6.45) is 5.39. The third-order valence-electron chi connectivity index (χ3n) is 6.42. The number of hydrogen-bond donors (Lipinski definition) is 2. The molecule has 0 atom stereocenters. The van der Waals surface area contributed by atoms with Crippen molar-refractivity contribution in [3.63, 3.8) is 0 Å². The van der Waals surface area contributed by atoms with E-state index in [4.69, 9.17) is 9.31 Å². The molecular weight excluding hydrogens is 323 g/mol. The van der Waals surface area contributed by atoms with Gasteiger partial charge in [-0.1, -0.05) is 25.0 Å². The summed E-state index contributed by atoms with van der Waals surface area (Å²) in [4.78, 5) is 0. The van der Waals surface area contributed by atoms with Crippen molar-refractivity contribution in [2.45, 2.75) is 91.0 Å². The Hall–Kier alpha value is -0.875. The third kappa shape index (κ3) is 4.17. The molecule has 0 aromatic heterocycles. The molecule has 3 rings (SSSR count). The number of hydrogen-bond acceptors (Lipinski definition) is 4. The molecule has 0 bridgehead atoms. The largest absolute Gasteiger partial charge is 0.494 e. The van der Waals surface area contributed by atoms with E-state index in [9.17, 15) is 0 Å². The van der Waals surface area contributed by atoms with E-state index in [0.29, 0.717) is 6.04 Å². The quantitative estimate of drug-likeness (QED) is 0.466. The highest BCUT2D eigenvalue weighted by atomic mass is 16.7. The average Bonchev–Trinajstić information content (AvgIpc) is 3.12. The van der Waals surface area contributed by atoms with Gasteiger partial charge in [-0.25, -0.2) is 0 Å². The van der Waals surface area contributed by atoms with Gasteiger partial charge in [-0.05, 0) is 76.5 Å². The lowest BCUT2D eigenvalue weighted by molar-refractivity contribution is 0.00578. The van der Waals surface area contributed by atoms with E-state index in [2.05, 4.69) is 64.3 Å². The molecule has 0 amide bonds. The lowest BCUT2D eigenvalue weighted by Crippen LogP contribution is -2.41. The minimum absolute atomic E-state index is 0.288. The normalized spacial score (nSPS) is 22.3. The van der Waals surface area contributed by atoms with Crippen LogP contribution < -0.4 is 16.1 Å². The summed E-state index contributed by atoms with van der Waals surface area (Å²) in [5.74, 6) is 0. The lowest BCUT2D eigenvalue weighted by atomic mass is 9.76. The zero-order chi connectivity index (χ0) is 18.9. The Bertz CT molecular complexity index is 600. The van der Waals surface area contributed by atoms with Gasteiger partial charge >= 0.3 is 7.12 Å². The van der Waals surface area contributed by atoms with E-state index < -0.39 is 0 Å². The zero-order valence-corrected chi connectivity index (χ0v) is 17.4. The van der Waals surface area contributed by atoms with Crippen LogP contribution in [0.4, 0.5) is 0 Å². The van der Waals surface area contributed by atoms with E-state index in [1.165, 1.54) is 42.4 Å². The second-order valence-electron chi connectivity index (χ2n) is 9.01. The first kappa shape index (κ1) is 19.9. The number of aryl methyl sites for hydroxylation is 2. The van der Waals surface area contributed by atoms with Crippen LogP contribution in [0.3, 0.4) is 0 Å². The molecule has 0 unspecified atom stereocenters. The SMILES string of the molecule is Cc1cc(B2OC(C)(C)C(C)(C)O2)cc(C)c1CNCNC1CCCC1. The second-order valence-corrected chi connectivity index (χ2v) is 9.01. The molecule has 5 heteroatoms. The number of nitrogens with one attached hydrogen (secondary N) is 2. The van der Waals surface area contributed by atoms with Gasteiger partial charge in [0, 0.05) is 19.3 Å². The predicted octanol–water partition coefficient (Wildman–Crippen LogP) is 3.18. The molecule has 1 aliphatic carbocycles. The fraction of sp³-hybridized carbons (Fsp3) is 0.714. The Morgan fingerprint density at radius 3 is 2.08 bits per heavy atom. The maximum absolute atomic E-state index is 6.21. The fourth-order valence-corrected chi connectivity index (χ4v) is 3.95. The molecule has 1 aromatic carbocycles. The molecule has 2 N–H and O–H groups in total. The molecule has 1 heterocycles. The summed E-state index contributed by atoms with van der Waals surface area (Å²) < 4.78 is 12.4. The summed E-state index contributed by atoms with van der Waals surface area (Å²) >= 11 is 0. The summed E-state index contributed by atoms with van der Waals surface area (Å²) in [5.41, 5.74) is 4.48. The Morgan fingerprint density at radius 2 is 1.54 bits per heavy atom. The van der Waals surface area contributed by atoms with Crippen LogP contribution >= 0.6 is 0 Å². The van der Waals surface area contributed by atoms with Crippen molar-refractivity contribution >= 4 is 12.6 Å². The van der Waals surface area contributed by atoms with Gasteiger partial charge in [0.1, 0.15) is 0 Å². The van der Waals surface area contributed by atoms with Crippen LogP contribution in [0.25, 0.3) is 0 Å². The first-order chi connectivity index (χ1) is 12.2. The van der Waals surface area contributed by atoms with Gasteiger partial charge in [-0.2, -0.15) is 0 Å². The average molecular weight is 358 g/mol. The van der Waals surface area contributed by atoms with Crippen LogP contribution in [-0.2, 0) is 15.9 Å². The molecule has 4 nitrogen and oxygen atoms in total. The summed E-state index contributed by atoms with van der Waals surface area (Å²) in [6, 6.07) is 5.14. The van der Waals surface area contributed by atoms with Crippen LogP contribution in [0.15, 0.2) is 12.1 Å². The second kappa shape index (κ2) is 7.63. The molecule has 0 spiro atoms. The molecule has 1 aliphatic heterocycles. The van der Waals surface area contributed by atoms with Crippen molar-refractivity contribution in [2.24, 2.45) is 0 Å². The smallest absolute Gasteiger partial charge is 0.399 e. The van der Waals surface area contributed by atoms with E-state index in [0.717, 1.165) is 18.7 Å². The summed E-state index contributed by atoms with van der Waals surface area (Å²) in [6.45, 7) is 14.5. The van der Waals surface area contributed by atoms with Crippen LogP contribution in [-0.4, -0.2) is 31.0 Å². The van der Waals surface area contributed by atoms with Crippen LogP contribution in [0.1, 0.15) is 70.1 Å². The molecule has 2 aliphatic rings. The minimum Gasteiger partial charge on any atom is -0.399 e. The summed E-state index contributed by atoms with van der Waals surface area (Å²) in [7, 11) is -0.288. The van der Waals surface area contributed by atoms with Gasteiger partial charge in [-0.15, -0.1) is 0 Å². The monoisotopic (exact) mass is 358 g/mol. The molecule has 1 aromatic rings. The maximum atomic E-state index is 6.21. The Labute approximate surface area is 159 Å². The third-order valence-corrected chi connectivity index (χ3v) is 6.42. The molecule has 1 saturated carbocycles. The first-order valence-corrected chi connectivity index (χ1v) is 10.1. The maximum Gasteiger partial charge on any atom is 0.494 e. The van der Waals surface area contributed by atoms with E-state index in [1.807, 2.05) is 0 Å². The molecule has 0 radical (unpaired) electrons. The van der Waals surface area contributed by atoms with Crippen LogP contribution in [0, 0.1) is 13.8 Å². The molecular formula is C21H35BN2O2. The van der Waals surface area contributed by atoms with E-state index in [1.54, 1.807) is 0 Å². The Kier molecular flexibility index (Phi) is 5.83. The number of rotatable bonds is 6. The standard InChI is InChI=1S/C21H35BN2O2/c1-15-11-17(22-25-20(3,4)21(5,6)26-22)12-16(2)19(15)13-23-14-24-18-9-7-8-10-18/h11-12,18,23-24H,7-10,13-14H2,1-6H3. The van der Waals surface area contributed by atoms with Crippen molar-refractivity contribution in [2.75, 3.05) is 6.67 Å². The van der Waals surface area contributed by atoms with Crippen molar-refractivity contribution in [1.29, 1.82) is 0 Å². The Balaban J connectivity index is 1.61. The van der Waals surface area contributed by atoms with Crippen molar-refractivity contribution < 1.29 is 9.31 Å². The van der Waals surface area contributed by atoms with Gasteiger partial charge < -0.3 is 19.9 Å². The topological polar surface area (TPSA) is 42.5 Å². The highest BCUT2D eigenvalue weighted by molar-refractivity contribution is 6.62. The van der Waals surface area contributed by atoms with Gasteiger partial charge in [0.15, 0.2) is 0 Å².